The lowest BCUT2D eigenvalue weighted by molar-refractivity contribution is -0.145. The monoisotopic (exact) mass is 475 g/mol. The SMILES string of the molecule is CCc1cccnc1NNC(=O)CN(C(=O)C(C)(C)C)C1CCCCN(C(=O)OC(C)(C)C)C1. The number of hydrogen-bond acceptors (Lipinski definition) is 6. The van der Waals surface area contributed by atoms with Gasteiger partial charge in [-0.15, -0.1) is 0 Å². The van der Waals surface area contributed by atoms with Crippen LogP contribution in [0, 0.1) is 5.41 Å². The second-order valence-corrected chi connectivity index (χ2v) is 10.8. The van der Waals surface area contributed by atoms with Crippen LogP contribution in [0.2, 0.25) is 0 Å². The van der Waals surface area contributed by atoms with E-state index < -0.39 is 17.1 Å². The van der Waals surface area contributed by atoms with Gasteiger partial charge in [-0.25, -0.2) is 9.78 Å². The molecule has 190 valence electrons. The number of carbonyl (C=O) groups is 3. The largest absolute Gasteiger partial charge is 0.444 e. The number of hydrazine groups is 1. The van der Waals surface area contributed by atoms with E-state index in [2.05, 4.69) is 15.8 Å². The number of nitrogens with one attached hydrogen (secondary N) is 2. The first-order valence-corrected chi connectivity index (χ1v) is 12.1. The molecule has 0 spiro atoms. The van der Waals surface area contributed by atoms with E-state index in [1.54, 1.807) is 16.0 Å². The lowest BCUT2D eigenvalue weighted by Crippen LogP contribution is -2.54. The number of carbonyl (C=O) groups excluding carboxylic acids is 3. The Hall–Kier alpha value is -2.84. The minimum Gasteiger partial charge on any atom is -0.444 e. The van der Waals surface area contributed by atoms with Crippen molar-refractivity contribution in [3.63, 3.8) is 0 Å². The Bertz CT molecular complexity index is 860. The van der Waals surface area contributed by atoms with Gasteiger partial charge in [-0.1, -0.05) is 33.8 Å². The summed E-state index contributed by atoms with van der Waals surface area (Å²) in [6.45, 7) is 13.8. The molecular weight excluding hydrogens is 434 g/mol. The van der Waals surface area contributed by atoms with Gasteiger partial charge in [-0.2, -0.15) is 0 Å². The van der Waals surface area contributed by atoms with Crippen LogP contribution in [-0.4, -0.2) is 64.0 Å². The molecule has 1 saturated heterocycles. The van der Waals surface area contributed by atoms with Crippen LogP contribution < -0.4 is 10.9 Å². The summed E-state index contributed by atoms with van der Waals surface area (Å²) < 4.78 is 5.57. The molecule has 0 aromatic carbocycles. The third kappa shape index (κ3) is 8.18. The van der Waals surface area contributed by atoms with Gasteiger partial charge in [-0.3, -0.25) is 20.4 Å². The van der Waals surface area contributed by atoms with E-state index in [1.807, 2.05) is 60.6 Å². The van der Waals surface area contributed by atoms with Crippen LogP contribution in [0.4, 0.5) is 10.6 Å². The predicted octanol–water partition coefficient (Wildman–Crippen LogP) is 3.75. The minimum atomic E-state index is -0.673. The van der Waals surface area contributed by atoms with Crippen molar-refractivity contribution < 1.29 is 19.1 Å². The number of aromatic nitrogens is 1. The Balaban J connectivity index is 2.16. The van der Waals surface area contributed by atoms with E-state index in [9.17, 15) is 14.4 Å². The van der Waals surface area contributed by atoms with Crippen LogP contribution in [0.15, 0.2) is 18.3 Å². The van der Waals surface area contributed by atoms with Gasteiger partial charge < -0.3 is 14.5 Å². The molecule has 1 aromatic heterocycles. The quantitative estimate of drug-likeness (QED) is 0.608. The Morgan fingerprint density at radius 2 is 1.88 bits per heavy atom. The van der Waals surface area contributed by atoms with E-state index in [4.69, 9.17) is 4.74 Å². The second-order valence-electron chi connectivity index (χ2n) is 10.8. The van der Waals surface area contributed by atoms with Crippen LogP contribution in [0.25, 0.3) is 0 Å². The van der Waals surface area contributed by atoms with Crippen LogP contribution in [0.1, 0.15) is 73.3 Å². The fourth-order valence-corrected chi connectivity index (χ4v) is 3.82. The number of pyridine rings is 1. The third-order valence-electron chi connectivity index (χ3n) is 5.55. The number of amides is 3. The smallest absolute Gasteiger partial charge is 0.410 e. The molecule has 1 unspecified atom stereocenters. The summed E-state index contributed by atoms with van der Waals surface area (Å²) in [6.07, 6.45) is 4.41. The van der Waals surface area contributed by atoms with E-state index in [0.717, 1.165) is 24.8 Å². The molecule has 1 aromatic rings. The first-order valence-electron chi connectivity index (χ1n) is 12.1. The average Bonchev–Trinajstić information content (AvgIpc) is 3.00. The molecule has 1 aliphatic heterocycles. The van der Waals surface area contributed by atoms with E-state index in [-0.39, 0.29) is 24.4 Å². The zero-order valence-corrected chi connectivity index (χ0v) is 21.7. The van der Waals surface area contributed by atoms with Crippen molar-refractivity contribution in [2.45, 2.75) is 85.8 Å². The molecule has 9 heteroatoms. The first kappa shape index (κ1) is 27.4. The van der Waals surface area contributed by atoms with Gasteiger partial charge in [-0.05, 0) is 58.1 Å². The van der Waals surface area contributed by atoms with Gasteiger partial charge in [0.2, 0.25) is 5.91 Å². The van der Waals surface area contributed by atoms with Crippen molar-refractivity contribution in [1.29, 1.82) is 0 Å². The van der Waals surface area contributed by atoms with Crippen LogP contribution in [0.3, 0.4) is 0 Å². The van der Waals surface area contributed by atoms with Crippen molar-refractivity contribution in [2.75, 3.05) is 25.1 Å². The standard InChI is InChI=1S/C25H41N5O4/c1-8-18-12-11-14-26-21(18)28-27-20(31)17-30(22(32)24(2,3)4)19-13-9-10-15-29(16-19)23(33)34-25(5,6)7/h11-12,14,19H,8-10,13,15-17H2,1-7H3,(H,26,28)(H,27,31). The fourth-order valence-electron chi connectivity index (χ4n) is 3.82. The van der Waals surface area contributed by atoms with Crippen molar-refractivity contribution >= 4 is 23.7 Å². The molecule has 0 saturated carbocycles. The molecule has 3 amide bonds. The van der Waals surface area contributed by atoms with Crippen LogP contribution >= 0.6 is 0 Å². The van der Waals surface area contributed by atoms with Crippen molar-refractivity contribution in [3.8, 4) is 0 Å². The van der Waals surface area contributed by atoms with Gasteiger partial charge in [0.1, 0.15) is 18.0 Å². The van der Waals surface area contributed by atoms with Gasteiger partial charge in [0.15, 0.2) is 0 Å². The Morgan fingerprint density at radius 1 is 1.18 bits per heavy atom. The third-order valence-corrected chi connectivity index (χ3v) is 5.55. The molecule has 9 nitrogen and oxygen atoms in total. The summed E-state index contributed by atoms with van der Waals surface area (Å²) in [5.74, 6) is 0.0989. The number of nitrogens with zero attached hydrogens (tertiary/aromatic N) is 3. The molecule has 0 radical (unpaired) electrons. The molecule has 2 rings (SSSR count). The molecule has 0 bridgehead atoms. The number of anilines is 1. The Labute approximate surface area is 203 Å². The highest BCUT2D eigenvalue weighted by molar-refractivity contribution is 5.88. The summed E-state index contributed by atoms with van der Waals surface area (Å²) in [5.41, 5.74) is 5.26. The summed E-state index contributed by atoms with van der Waals surface area (Å²) >= 11 is 0. The van der Waals surface area contributed by atoms with Gasteiger partial charge >= 0.3 is 6.09 Å². The Kier molecular flexibility index (Phi) is 9.29. The molecule has 2 N–H and O–H groups in total. The van der Waals surface area contributed by atoms with Crippen LogP contribution in [-0.2, 0) is 20.7 Å². The molecule has 34 heavy (non-hydrogen) atoms. The molecule has 0 aliphatic carbocycles. The predicted molar refractivity (Wildman–Crippen MR) is 132 cm³/mol. The lowest BCUT2D eigenvalue weighted by Gasteiger charge is -2.37. The van der Waals surface area contributed by atoms with E-state index in [0.29, 0.717) is 25.3 Å². The summed E-state index contributed by atoms with van der Waals surface area (Å²) in [7, 11) is 0. The first-order chi connectivity index (χ1) is 15.8. The highest BCUT2D eigenvalue weighted by Gasteiger charge is 2.36. The average molecular weight is 476 g/mol. The maximum Gasteiger partial charge on any atom is 0.410 e. The number of rotatable bonds is 6. The molecule has 1 atom stereocenters. The van der Waals surface area contributed by atoms with Crippen molar-refractivity contribution in [3.05, 3.63) is 23.9 Å². The highest BCUT2D eigenvalue weighted by Crippen LogP contribution is 2.24. The zero-order valence-electron chi connectivity index (χ0n) is 21.7. The lowest BCUT2D eigenvalue weighted by atomic mass is 9.93. The van der Waals surface area contributed by atoms with Crippen molar-refractivity contribution in [2.24, 2.45) is 5.41 Å². The van der Waals surface area contributed by atoms with Crippen LogP contribution in [0.5, 0.6) is 0 Å². The normalized spacial score (nSPS) is 16.9. The Morgan fingerprint density at radius 3 is 2.50 bits per heavy atom. The maximum absolute atomic E-state index is 13.4. The number of likely N-dealkylation sites (tertiary alicyclic amines) is 1. The zero-order chi connectivity index (χ0) is 25.5. The van der Waals surface area contributed by atoms with Crippen molar-refractivity contribution in [1.82, 2.24) is 20.2 Å². The number of hydrogen-bond donors (Lipinski definition) is 2. The summed E-state index contributed by atoms with van der Waals surface area (Å²) in [6, 6.07) is 3.50. The van der Waals surface area contributed by atoms with E-state index in [1.165, 1.54) is 0 Å². The van der Waals surface area contributed by atoms with Gasteiger partial charge in [0.05, 0.1) is 0 Å². The maximum atomic E-state index is 13.4. The van der Waals surface area contributed by atoms with E-state index >= 15 is 0 Å². The van der Waals surface area contributed by atoms with Gasteiger partial charge in [0, 0.05) is 30.7 Å². The number of aryl methyl sites for hydroxylation is 1. The number of ether oxygens (including phenoxy) is 1. The summed E-state index contributed by atoms with van der Waals surface area (Å²) in [4.78, 5) is 46.5. The molecule has 1 fully saturated rings. The molecule has 2 heterocycles. The summed E-state index contributed by atoms with van der Waals surface area (Å²) in [5, 5.41) is 0. The van der Waals surface area contributed by atoms with Gasteiger partial charge in [0.25, 0.3) is 5.91 Å². The topological polar surface area (TPSA) is 104 Å². The minimum absolute atomic E-state index is 0.121. The molecular formula is C25H41N5O4. The fraction of sp³-hybridized carbons (Fsp3) is 0.680. The second kappa shape index (κ2) is 11.5. The molecule has 1 aliphatic rings. The highest BCUT2D eigenvalue weighted by atomic mass is 16.6.